The third-order valence-electron chi connectivity index (χ3n) is 3.41. The molecule has 1 aliphatic carbocycles. The van der Waals surface area contributed by atoms with Crippen LogP contribution in [0.4, 0.5) is 5.69 Å². The number of nitro groups is 1. The first-order chi connectivity index (χ1) is 8.72. The van der Waals surface area contributed by atoms with Crippen LogP contribution in [0.5, 0.6) is 0 Å². The Labute approximate surface area is 111 Å². The number of hydrogen-bond donors (Lipinski definition) is 1. The lowest BCUT2D eigenvalue weighted by Crippen LogP contribution is -2.38. The molecule has 1 aromatic rings. The van der Waals surface area contributed by atoms with Crippen LogP contribution in [0.1, 0.15) is 25.7 Å². The average Bonchev–Trinajstić information content (AvgIpc) is 2.40. The Balaban J connectivity index is 2.15. The average molecular weight is 266 g/mol. The van der Waals surface area contributed by atoms with Crippen molar-refractivity contribution in [2.24, 2.45) is 0 Å². The largest absolute Gasteiger partial charge is 0.316 e. The zero-order valence-electron chi connectivity index (χ0n) is 10.5. The first kappa shape index (κ1) is 13.4. The molecule has 2 atom stereocenters. The molecule has 0 amide bonds. The molecule has 1 N–H and O–H groups in total. The first-order valence-corrected chi connectivity index (χ1v) is 7.17. The van der Waals surface area contributed by atoms with Crippen molar-refractivity contribution >= 4 is 17.4 Å². The molecular weight excluding hydrogens is 248 g/mol. The van der Waals surface area contributed by atoms with E-state index in [9.17, 15) is 10.1 Å². The maximum atomic E-state index is 11.0. The summed E-state index contributed by atoms with van der Waals surface area (Å²) >= 11 is 1.65. The number of nitro benzene ring substituents is 1. The fraction of sp³-hybridized carbons (Fsp3) is 0.538. The van der Waals surface area contributed by atoms with Gasteiger partial charge in [0, 0.05) is 17.4 Å². The molecule has 4 nitrogen and oxygen atoms in total. The smallest absolute Gasteiger partial charge is 0.282 e. The molecule has 1 saturated carbocycles. The molecule has 0 aromatic heterocycles. The van der Waals surface area contributed by atoms with Crippen molar-refractivity contribution in [2.75, 3.05) is 7.05 Å². The highest BCUT2D eigenvalue weighted by molar-refractivity contribution is 8.00. The summed E-state index contributed by atoms with van der Waals surface area (Å²) in [7, 11) is 1.98. The molecule has 0 radical (unpaired) electrons. The molecule has 1 fully saturated rings. The number of thioether (sulfide) groups is 1. The van der Waals surface area contributed by atoms with Crippen molar-refractivity contribution in [3.05, 3.63) is 34.4 Å². The fourth-order valence-corrected chi connectivity index (χ4v) is 3.91. The van der Waals surface area contributed by atoms with Crippen LogP contribution in [-0.4, -0.2) is 23.3 Å². The summed E-state index contributed by atoms with van der Waals surface area (Å²) < 4.78 is 0. The van der Waals surface area contributed by atoms with Crippen molar-refractivity contribution in [3.63, 3.8) is 0 Å². The van der Waals surface area contributed by atoms with Crippen molar-refractivity contribution in [2.45, 2.75) is 41.9 Å². The summed E-state index contributed by atoms with van der Waals surface area (Å²) in [6.45, 7) is 0. The molecule has 1 aromatic carbocycles. The van der Waals surface area contributed by atoms with Gasteiger partial charge in [0.2, 0.25) is 0 Å². The van der Waals surface area contributed by atoms with Gasteiger partial charge in [-0.2, -0.15) is 0 Å². The minimum atomic E-state index is -0.292. The summed E-state index contributed by atoms with van der Waals surface area (Å²) in [5.74, 6) is 0. The summed E-state index contributed by atoms with van der Waals surface area (Å²) in [5, 5.41) is 14.8. The Kier molecular flexibility index (Phi) is 4.60. The first-order valence-electron chi connectivity index (χ1n) is 6.29. The molecule has 18 heavy (non-hydrogen) atoms. The highest BCUT2D eigenvalue weighted by atomic mass is 32.2. The number of nitrogens with zero attached hydrogens (tertiary/aromatic N) is 1. The summed E-state index contributed by atoms with van der Waals surface area (Å²) in [5.41, 5.74) is 0.225. The van der Waals surface area contributed by atoms with Crippen molar-refractivity contribution < 1.29 is 4.92 Å². The minimum absolute atomic E-state index is 0.225. The van der Waals surface area contributed by atoms with Gasteiger partial charge in [-0.3, -0.25) is 10.1 Å². The molecule has 98 valence electrons. The Morgan fingerprint density at radius 2 is 2.06 bits per heavy atom. The molecule has 5 heteroatoms. The van der Waals surface area contributed by atoms with E-state index >= 15 is 0 Å². The number of nitrogens with one attached hydrogen (secondary N) is 1. The predicted molar refractivity (Wildman–Crippen MR) is 74.1 cm³/mol. The van der Waals surface area contributed by atoms with E-state index in [1.165, 1.54) is 12.8 Å². The van der Waals surface area contributed by atoms with E-state index < -0.39 is 0 Å². The number of para-hydroxylation sites is 1. The standard InChI is InChI=1S/C13H18N2O2S/c1-14-10-6-2-4-8-12(10)18-13-9-5-3-7-11(13)15(16)17/h3,5,7,9-10,12,14H,2,4,6,8H2,1H3. The second-order valence-electron chi connectivity index (χ2n) is 4.56. The molecule has 2 unspecified atom stereocenters. The van der Waals surface area contributed by atoms with E-state index in [1.54, 1.807) is 23.9 Å². The van der Waals surface area contributed by atoms with Gasteiger partial charge in [-0.25, -0.2) is 0 Å². The van der Waals surface area contributed by atoms with Crippen LogP contribution in [0.3, 0.4) is 0 Å². The Bertz CT molecular complexity index is 425. The highest BCUT2D eigenvalue weighted by Gasteiger charge is 2.26. The van der Waals surface area contributed by atoms with E-state index in [2.05, 4.69) is 5.32 Å². The van der Waals surface area contributed by atoms with Crippen LogP contribution >= 0.6 is 11.8 Å². The maximum absolute atomic E-state index is 11.0. The molecular formula is C13H18N2O2S. The number of rotatable bonds is 4. The molecule has 0 bridgehead atoms. The van der Waals surface area contributed by atoms with Crippen LogP contribution < -0.4 is 5.32 Å². The second-order valence-corrected chi connectivity index (χ2v) is 5.84. The number of benzene rings is 1. The Morgan fingerprint density at radius 1 is 1.33 bits per heavy atom. The summed E-state index contributed by atoms with van der Waals surface area (Å²) in [6, 6.07) is 7.48. The zero-order valence-corrected chi connectivity index (χ0v) is 11.3. The van der Waals surface area contributed by atoms with Gasteiger partial charge < -0.3 is 5.32 Å². The summed E-state index contributed by atoms with van der Waals surface area (Å²) in [4.78, 5) is 11.5. The van der Waals surface area contributed by atoms with Gasteiger partial charge in [0.05, 0.1) is 9.82 Å². The minimum Gasteiger partial charge on any atom is -0.316 e. The van der Waals surface area contributed by atoms with Crippen LogP contribution in [0.25, 0.3) is 0 Å². The van der Waals surface area contributed by atoms with Gasteiger partial charge in [-0.1, -0.05) is 25.0 Å². The summed E-state index contributed by atoms with van der Waals surface area (Å²) in [6.07, 6.45) is 4.76. The van der Waals surface area contributed by atoms with Gasteiger partial charge in [0.15, 0.2) is 0 Å². The number of hydrogen-bond acceptors (Lipinski definition) is 4. The van der Waals surface area contributed by atoms with E-state index in [-0.39, 0.29) is 10.6 Å². The van der Waals surface area contributed by atoms with E-state index in [4.69, 9.17) is 0 Å². The maximum Gasteiger partial charge on any atom is 0.282 e. The topological polar surface area (TPSA) is 55.2 Å². The Morgan fingerprint density at radius 3 is 2.78 bits per heavy atom. The van der Waals surface area contributed by atoms with Gasteiger partial charge in [0.1, 0.15) is 0 Å². The molecule has 0 saturated heterocycles. The monoisotopic (exact) mass is 266 g/mol. The molecule has 0 spiro atoms. The van der Waals surface area contributed by atoms with Crippen molar-refractivity contribution in [3.8, 4) is 0 Å². The normalized spacial score (nSPS) is 23.8. The van der Waals surface area contributed by atoms with Gasteiger partial charge in [-0.15, -0.1) is 11.8 Å². The van der Waals surface area contributed by atoms with Crippen LogP contribution in [0.15, 0.2) is 29.2 Å². The van der Waals surface area contributed by atoms with Gasteiger partial charge in [0.25, 0.3) is 5.69 Å². The van der Waals surface area contributed by atoms with E-state index in [0.717, 1.165) is 17.7 Å². The zero-order chi connectivity index (χ0) is 13.0. The molecule has 0 heterocycles. The second kappa shape index (κ2) is 6.20. The molecule has 2 rings (SSSR count). The highest BCUT2D eigenvalue weighted by Crippen LogP contribution is 2.37. The fourth-order valence-electron chi connectivity index (χ4n) is 2.44. The van der Waals surface area contributed by atoms with Crippen LogP contribution in [0.2, 0.25) is 0 Å². The lowest BCUT2D eigenvalue weighted by Gasteiger charge is -2.30. The molecule has 0 aliphatic heterocycles. The van der Waals surface area contributed by atoms with E-state index in [1.807, 2.05) is 19.2 Å². The Hall–Kier alpha value is -1.07. The van der Waals surface area contributed by atoms with Crippen molar-refractivity contribution in [1.82, 2.24) is 5.32 Å². The lowest BCUT2D eigenvalue weighted by atomic mass is 9.95. The third-order valence-corrected chi connectivity index (χ3v) is 4.88. The van der Waals surface area contributed by atoms with E-state index in [0.29, 0.717) is 11.3 Å². The van der Waals surface area contributed by atoms with Crippen molar-refractivity contribution in [1.29, 1.82) is 0 Å². The SMILES string of the molecule is CNC1CCCCC1Sc1ccccc1[N+](=O)[O-]. The quantitative estimate of drug-likeness (QED) is 0.671. The van der Waals surface area contributed by atoms with Crippen LogP contribution in [0, 0.1) is 10.1 Å². The lowest BCUT2D eigenvalue weighted by molar-refractivity contribution is -0.387. The van der Waals surface area contributed by atoms with Crippen LogP contribution in [-0.2, 0) is 0 Å². The van der Waals surface area contributed by atoms with Gasteiger partial charge in [-0.05, 0) is 26.0 Å². The third kappa shape index (κ3) is 3.03. The molecule has 1 aliphatic rings. The van der Waals surface area contributed by atoms with Gasteiger partial charge >= 0.3 is 0 Å². The predicted octanol–water partition coefficient (Wildman–Crippen LogP) is 3.22.